The van der Waals surface area contributed by atoms with Gasteiger partial charge in [0.1, 0.15) is 0 Å². The molecule has 3 N–H and O–H groups in total. The Labute approximate surface area is 123 Å². The molecule has 4 nitrogen and oxygen atoms in total. The molecule has 2 rings (SSSR count). The highest BCUT2D eigenvalue weighted by Gasteiger charge is 2.11. The van der Waals surface area contributed by atoms with Crippen molar-refractivity contribution in [2.45, 2.75) is 6.92 Å². The van der Waals surface area contributed by atoms with Crippen LogP contribution in [0.1, 0.15) is 5.56 Å². The van der Waals surface area contributed by atoms with Gasteiger partial charge < -0.3 is 20.5 Å². The molecule has 0 spiro atoms. The van der Waals surface area contributed by atoms with Crippen LogP contribution in [0.4, 0.5) is 17.1 Å². The fourth-order valence-corrected chi connectivity index (χ4v) is 2.20. The molecule has 0 radical (unpaired) electrons. The first-order valence-electron chi connectivity index (χ1n) is 6.10. The molecule has 0 heterocycles. The van der Waals surface area contributed by atoms with E-state index in [1.807, 2.05) is 25.1 Å². The van der Waals surface area contributed by atoms with Crippen LogP contribution >= 0.6 is 11.6 Å². The second-order valence-electron chi connectivity index (χ2n) is 4.35. The Morgan fingerprint density at radius 1 is 1.10 bits per heavy atom. The van der Waals surface area contributed by atoms with Gasteiger partial charge in [0, 0.05) is 12.1 Å². The molecule has 0 aliphatic carbocycles. The van der Waals surface area contributed by atoms with E-state index in [0.29, 0.717) is 22.2 Å². The summed E-state index contributed by atoms with van der Waals surface area (Å²) in [4.78, 5) is 0. The normalized spacial score (nSPS) is 10.2. The zero-order valence-corrected chi connectivity index (χ0v) is 12.4. The maximum absolute atomic E-state index is 6.20. The minimum atomic E-state index is 0.557. The largest absolute Gasteiger partial charge is 0.493 e. The Morgan fingerprint density at radius 3 is 2.35 bits per heavy atom. The van der Waals surface area contributed by atoms with E-state index in [0.717, 1.165) is 16.9 Å². The van der Waals surface area contributed by atoms with E-state index in [-0.39, 0.29) is 0 Å². The summed E-state index contributed by atoms with van der Waals surface area (Å²) in [5.41, 5.74) is 9.17. The number of nitrogens with two attached hydrogens (primary N) is 1. The third kappa shape index (κ3) is 2.75. The van der Waals surface area contributed by atoms with Gasteiger partial charge in [0.05, 0.1) is 36.3 Å². The Kier molecular flexibility index (Phi) is 4.25. The Morgan fingerprint density at radius 2 is 1.75 bits per heavy atom. The predicted octanol–water partition coefficient (Wildman–Crippen LogP) is 3.99. The van der Waals surface area contributed by atoms with Gasteiger partial charge in [-0.1, -0.05) is 23.7 Å². The van der Waals surface area contributed by atoms with Crippen molar-refractivity contribution in [2.75, 3.05) is 25.3 Å². The number of rotatable bonds is 4. The highest BCUT2D eigenvalue weighted by atomic mass is 35.5. The van der Waals surface area contributed by atoms with Crippen LogP contribution in [0.5, 0.6) is 11.5 Å². The van der Waals surface area contributed by atoms with Gasteiger partial charge in [0.2, 0.25) is 0 Å². The van der Waals surface area contributed by atoms with Crippen molar-refractivity contribution >= 4 is 28.7 Å². The smallest absolute Gasteiger partial charge is 0.162 e. The van der Waals surface area contributed by atoms with Crippen LogP contribution in [0.2, 0.25) is 5.02 Å². The third-order valence-corrected chi connectivity index (χ3v) is 3.35. The summed E-state index contributed by atoms with van der Waals surface area (Å²) in [5, 5.41) is 3.88. The average Bonchev–Trinajstić information content (AvgIpc) is 2.44. The summed E-state index contributed by atoms with van der Waals surface area (Å²) in [6, 6.07) is 9.21. The van der Waals surface area contributed by atoms with Crippen molar-refractivity contribution < 1.29 is 9.47 Å². The summed E-state index contributed by atoms with van der Waals surface area (Å²) in [6.07, 6.45) is 0. The molecule has 0 bridgehead atoms. The molecule has 0 unspecified atom stereocenters. The van der Waals surface area contributed by atoms with Gasteiger partial charge in [-0.3, -0.25) is 0 Å². The first kappa shape index (κ1) is 14.3. The van der Waals surface area contributed by atoms with Crippen molar-refractivity contribution in [3.05, 3.63) is 40.9 Å². The van der Waals surface area contributed by atoms with Crippen LogP contribution in [0.25, 0.3) is 0 Å². The lowest BCUT2D eigenvalue weighted by atomic mass is 10.1. The van der Waals surface area contributed by atoms with Crippen LogP contribution in [0.3, 0.4) is 0 Å². The second-order valence-corrected chi connectivity index (χ2v) is 4.76. The second kappa shape index (κ2) is 5.92. The maximum Gasteiger partial charge on any atom is 0.162 e. The molecule has 2 aromatic rings. The Balaban J connectivity index is 2.44. The zero-order valence-electron chi connectivity index (χ0n) is 11.7. The summed E-state index contributed by atoms with van der Waals surface area (Å²) >= 11 is 6.20. The molecule has 0 fully saturated rings. The molecule has 20 heavy (non-hydrogen) atoms. The van der Waals surface area contributed by atoms with Gasteiger partial charge in [0.25, 0.3) is 0 Å². The SMILES string of the molecule is COc1cc(N)c(Nc2c(C)cccc2Cl)cc1OC. The van der Waals surface area contributed by atoms with Gasteiger partial charge in [-0.2, -0.15) is 0 Å². The van der Waals surface area contributed by atoms with Gasteiger partial charge in [0.15, 0.2) is 11.5 Å². The van der Waals surface area contributed by atoms with Crippen LogP contribution in [-0.4, -0.2) is 14.2 Å². The molecule has 0 aliphatic rings. The highest BCUT2D eigenvalue weighted by molar-refractivity contribution is 6.33. The van der Waals surface area contributed by atoms with E-state index in [1.165, 1.54) is 0 Å². The number of nitrogen functional groups attached to an aromatic ring is 1. The zero-order chi connectivity index (χ0) is 14.7. The molecule has 2 aromatic carbocycles. The molecule has 0 aromatic heterocycles. The summed E-state index contributed by atoms with van der Waals surface area (Å²) in [5.74, 6) is 1.19. The van der Waals surface area contributed by atoms with Gasteiger partial charge in [-0.05, 0) is 18.6 Å². The number of aryl methyl sites for hydroxylation is 1. The van der Waals surface area contributed by atoms with E-state index < -0.39 is 0 Å². The van der Waals surface area contributed by atoms with E-state index in [4.69, 9.17) is 26.8 Å². The van der Waals surface area contributed by atoms with Crippen molar-refractivity contribution in [2.24, 2.45) is 0 Å². The van der Waals surface area contributed by atoms with Crippen molar-refractivity contribution in [1.82, 2.24) is 0 Å². The van der Waals surface area contributed by atoms with Crippen LogP contribution in [-0.2, 0) is 0 Å². The lowest BCUT2D eigenvalue weighted by Crippen LogP contribution is -2.01. The van der Waals surface area contributed by atoms with Crippen molar-refractivity contribution in [1.29, 1.82) is 0 Å². The number of para-hydroxylation sites is 1. The number of nitrogens with one attached hydrogen (secondary N) is 1. The first-order valence-corrected chi connectivity index (χ1v) is 6.48. The molecular weight excluding hydrogens is 276 g/mol. The van der Waals surface area contributed by atoms with E-state index >= 15 is 0 Å². The van der Waals surface area contributed by atoms with E-state index in [1.54, 1.807) is 26.4 Å². The number of ether oxygens (including phenoxy) is 2. The quantitative estimate of drug-likeness (QED) is 0.837. The molecule has 0 atom stereocenters. The minimum absolute atomic E-state index is 0.557. The number of hydrogen-bond acceptors (Lipinski definition) is 4. The van der Waals surface area contributed by atoms with E-state index in [2.05, 4.69) is 5.32 Å². The topological polar surface area (TPSA) is 56.5 Å². The van der Waals surface area contributed by atoms with E-state index in [9.17, 15) is 0 Å². The van der Waals surface area contributed by atoms with Gasteiger partial charge in [-0.15, -0.1) is 0 Å². The summed E-state index contributed by atoms with van der Waals surface area (Å²) in [6.45, 7) is 1.98. The first-order chi connectivity index (χ1) is 9.56. The lowest BCUT2D eigenvalue weighted by Gasteiger charge is -2.16. The summed E-state index contributed by atoms with van der Waals surface area (Å²) in [7, 11) is 3.15. The number of anilines is 3. The molecule has 106 valence electrons. The average molecular weight is 293 g/mol. The number of methoxy groups -OCH3 is 2. The Bertz CT molecular complexity index is 609. The summed E-state index contributed by atoms with van der Waals surface area (Å²) < 4.78 is 10.5. The fourth-order valence-electron chi connectivity index (χ4n) is 1.93. The molecule has 5 heteroatoms. The van der Waals surface area contributed by atoms with Gasteiger partial charge in [-0.25, -0.2) is 0 Å². The van der Waals surface area contributed by atoms with Crippen LogP contribution < -0.4 is 20.5 Å². The number of halogens is 1. The molecule has 0 saturated carbocycles. The Hall–Kier alpha value is -2.07. The fraction of sp³-hybridized carbons (Fsp3) is 0.200. The van der Waals surface area contributed by atoms with Crippen molar-refractivity contribution in [3.8, 4) is 11.5 Å². The molecular formula is C15H17ClN2O2. The lowest BCUT2D eigenvalue weighted by molar-refractivity contribution is 0.355. The van der Waals surface area contributed by atoms with Crippen molar-refractivity contribution in [3.63, 3.8) is 0 Å². The third-order valence-electron chi connectivity index (χ3n) is 3.04. The monoisotopic (exact) mass is 292 g/mol. The molecule has 0 aliphatic heterocycles. The van der Waals surface area contributed by atoms with Gasteiger partial charge >= 0.3 is 0 Å². The minimum Gasteiger partial charge on any atom is -0.493 e. The predicted molar refractivity (Wildman–Crippen MR) is 83.4 cm³/mol. The molecule has 0 saturated heterocycles. The highest BCUT2D eigenvalue weighted by Crippen LogP contribution is 2.38. The number of hydrogen-bond donors (Lipinski definition) is 2. The number of benzene rings is 2. The maximum atomic E-state index is 6.20. The van der Waals surface area contributed by atoms with Crippen LogP contribution in [0, 0.1) is 6.92 Å². The standard InChI is InChI=1S/C15H17ClN2O2/c1-9-5-4-6-10(16)15(9)18-12-8-14(20-3)13(19-2)7-11(12)17/h4-8,18H,17H2,1-3H3. The van der Waals surface area contributed by atoms with Crippen LogP contribution in [0.15, 0.2) is 30.3 Å². The molecule has 0 amide bonds.